The SMILES string of the molecule is c1ccc(-c2cccc(N(c3ccc(-c4ccc(-n5c6ccccc6c6ccccc65)cc4)cc3)c3ccc(-c4cccc5oc6c(-c7cccc(-c8ccc9c(c8)c8ccccc8n9-c8ccc(-c9ccc(N(c%10cccc(-c%11ccccc%11)c%10)c%10cccc(-c%11cccc%12oc%13c(-c%14ccccc%14)cccc%13c%11%12)c%10)cc9)cc8)c7)cccc6c45)cc3)c2)cc1. The second-order valence-electron chi connectivity index (χ2n) is 32.6. The molecule has 4 heterocycles. The molecular formula is C120H78N4O2. The van der Waals surface area contributed by atoms with E-state index in [1.807, 2.05) is 0 Å². The van der Waals surface area contributed by atoms with Crippen molar-refractivity contribution in [2.75, 3.05) is 9.80 Å². The van der Waals surface area contributed by atoms with Crippen molar-refractivity contribution in [1.29, 1.82) is 0 Å². The van der Waals surface area contributed by atoms with E-state index in [0.717, 1.165) is 189 Å². The molecule has 0 radical (unpaired) electrons. The van der Waals surface area contributed by atoms with E-state index >= 15 is 0 Å². The van der Waals surface area contributed by atoms with Crippen LogP contribution >= 0.6 is 0 Å². The van der Waals surface area contributed by atoms with E-state index in [0.29, 0.717) is 0 Å². The van der Waals surface area contributed by atoms with E-state index in [9.17, 15) is 0 Å². The normalized spacial score (nSPS) is 11.7. The average molecular weight is 1610 g/mol. The topological polar surface area (TPSA) is 42.6 Å². The van der Waals surface area contributed by atoms with Crippen LogP contribution in [0.15, 0.2) is 482 Å². The minimum Gasteiger partial charge on any atom is -0.455 e. The molecule has 126 heavy (non-hydrogen) atoms. The van der Waals surface area contributed by atoms with Gasteiger partial charge in [0.1, 0.15) is 22.3 Å². The summed E-state index contributed by atoms with van der Waals surface area (Å²) in [5.41, 5.74) is 36.9. The number of hydrogen-bond donors (Lipinski definition) is 0. The lowest BCUT2D eigenvalue weighted by Gasteiger charge is -2.27. The van der Waals surface area contributed by atoms with Crippen LogP contribution in [0, 0.1) is 0 Å². The lowest BCUT2D eigenvalue weighted by atomic mass is 9.95. The molecule has 0 saturated heterocycles. The zero-order valence-corrected chi connectivity index (χ0v) is 68.6. The average Bonchev–Trinajstić information content (AvgIpc) is 1.61. The molecule has 0 spiro atoms. The fourth-order valence-corrected chi connectivity index (χ4v) is 19.4. The predicted octanol–water partition coefficient (Wildman–Crippen LogP) is 33.6. The summed E-state index contributed by atoms with van der Waals surface area (Å²) in [5.74, 6) is 0. The zero-order chi connectivity index (χ0) is 83.1. The van der Waals surface area contributed by atoms with Crippen LogP contribution < -0.4 is 9.80 Å². The lowest BCUT2D eigenvalue weighted by Crippen LogP contribution is -2.10. The first-order valence-corrected chi connectivity index (χ1v) is 43.1. The van der Waals surface area contributed by atoms with Gasteiger partial charge in [0.05, 0.1) is 22.1 Å². The first-order valence-electron chi connectivity index (χ1n) is 43.1. The van der Waals surface area contributed by atoms with Crippen LogP contribution in [-0.4, -0.2) is 9.13 Å². The highest BCUT2D eigenvalue weighted by Gasteiger charge is 2.24. The van der Waals surface area contributed by atoms with Gasteiger partial charge in [0, 0.05) is 99.7 Å². The summed E-state index contributed by atoms with van der Waals surface area (Å²) in [5, 5.41) is 9.26. The van der Waals surface area contributed by atoms with E-state index in [1.165, 1.54) is 43.7 Å². The second-order valence-corrected chi connectivity index (χ2v) is 32.6. The molecule has 0 aliphatic carbocycles. The number of benzene rings is 20. The monoisotopic (exact) mass is 1610 g/mol. The highest BCUT2D eigenvalue weighted by Crippen LogP contribution is 2.48. The number of anilines is 6. The standard InChI is InChI=1S/C120H78N4O2/c1-4-24-79(25-5-1)88-31-17-35-98(75-88)121(93-63-52-81(53-64-93)83-56-67-96(68-57-83)123-111-47-13-10-38-105(111)106-39-11-14-48-112(106)123)94-71-60-86(61-72-94)101-41-22-50-115-117(101)108-46-21-44-104(120(108)126-115)91-33-16-30-87(74-91)90-62-73-114-110(78-90)107-40-12-15-49-113(107)124(114)97-69-58-84(59-70-97)82-54-65-95(66-55-82)122(99-36-18-32-89(76-99)80-26-6-2-7-27-80)100-37-19-34-92(77-100)102-42-23-51-116-118(102)109-45-20-43-103(119(109)125-116)85-28-8-3-9-29-85/h1-78H. The Balaban J connectivity index is 0.515. The van der Waals surface area contributed by atoms with Crippen molar-refractivity contribution in [2.24, 2.45) is 0 Å². The van der Waals surface area contributed by atoms with Crippen LogP contribution in [0.2, 0.25) is 0 Å². The number of nitrogens with zero attached hydrogens (tertiary/aromatic N) is 4. The van der Waals surface area contributed by atoms with Crippen LogP contribution in [-0.2, 0) is 0 Å². The van der Waals surface area contributed by atoms with E-state index < -0.39 is 0 Å². The predicted molar refractivity (Wildman–Crippen MR) is 528 cm³/mol. The molecule has 6 nitrogen and oxygen atoms in total. The van der Waals surface area contributed by atoms with Gasteiger partial charge in [0.2, 0.25) is 0 Å². The molecule has 0 unspecified atom stereocenters. The Kier molecular flexibility index (Phi) is 17.8. The Morgan fingerprint density at radius 1 is 0.159 bits per heavy atom. The van der Waals surface area contributed by atoms with Crippen molar-refractivity contribution in [2.45, 2.75) is 0 Å². The van der Waals surface area contributed by atoms with Crippen molar-refractivity contribution in [1.82, 2.24) is 9.13 Å². The van der Waals surface area contributed by atoms with Gasteiger partial charge >= 0.3 is 0 Å². The van der Waals surface area contributed by atoms with Gasteiger partial charge in [-0.2, -0.15) is 0 Å². The molecule has 590 valence electrons. The van der Waals surface area contributed by atoms with Crippen LogP contribution in [0.4, 0.5) is 34.1 Å². The molecular weight excluding hydrogens is 1530 g/mol. The Labute approximate surface area is 729 Å². The minimum absolute atomic E-state index is 0.845. The molecule has 24 aromatic rings. The molecule has 0 amide bonds. The fraction of sp³-hybridized carbons (Fsp3) is 0. The van der Waals surface area contributed by atoms with Gasteiger partial charge in [-0.1, -0.05) is 328 Å². The van der Waals surface area contributed by atoms with Crippen LogP contribution in [0.3, 0.4) is 0 Å². The molecule has 0 fully saturated rings. The Hall–Kier alpha value is -16.8. The van der Waals surface area contributed by atoms with Crippen LogP contribution in [0.25, 0.3) is 199 Å². The molecule has 4 aromatic heterocycles. The van der Waals surface area contributed by atoms with Gasteiger partial charge in [-0.15, -0.1) is 0 Å². The highest BCUT2D eigenvalue weighted by molar-refractivity contribution is 6.18. The Morgan fingerprint density at radius 3 is 0.905 bits per heavy atom. The molecule has 0 atom stereocenters. The third kappa shape index (κ3) is 12.8. The number of fused-ring (bicyclic) bond motifs is 12. The second kappa shape index (κ2) is 30.7. The largest absolute Gasteiger partial charge is 0.455 e. The van der Waals surface area contributed by atoms with Crippen molar-refractivity contribution in [3.8, 4) is 112 Å². The van der Waals surface area contributed by atoms with Gasteiger partial charge in [-0.3, -0.25) is 0 Å². The van der Waals surface area contributed by atoms with E-state index in [-0.39, 0.29) is 0 Å². The molecule has 0 N–H and O–H groups in total. The molecule has 0 saturated carbocycles. The third-order valence-electron chi connectivity index (χ3n) is 25.3. The third-order valence-corrected chi connectivity index (χ3v) is 25.3. The summed E-state index contributed by atoms with van der Waals surface area (Å²) >= 11 is 0. The van der Waals surface area contributed by atoms with Gasteiger partial charge in [-0.05, 0) is 235 Å². The number of para-hydroxylation sites is 5. The number of rotatable bonds is 17. The van der Waals surface area contributed by atoms with E-state index in [1.54, 1.807) is 0 Å². The minimum atomic E-state index is 0.845. The summed E-state index contributed by atoms with van der Waals surface area (Å²) in [6.45, 7) is 0. The van der Waals surface area contributed by atoms with Crippen molar-refractivity contribution in [3.05, 3.63) is 473 Å². The van der Waals surface area contributed by atoms with Gasteiger partial charge < -0.3 is 27.8 Å². The van der Waals surface area contributed by atoms with Crippen LogP contribution in [0.5, 0.6) is 0 Å². The van der Waals surface area contributed by atoms with E-state index in [2.05, 4.69) is 492 Å². The van der Waals surface area contributed by atoms with Crippen molar-refractivity contribution in [3.63, 3.8) is 0 Å². The zero-order valence-electron chi connectivity index (χ0n) is 68.6. The molecule has 6 heteroatoms. The summed E-state index contributed by atoms with van der Waals surface area (Å²) in [4.78, 5) is 4.74. The summed E-state index contributed by atoms with van der Waals surface area (Å²) in [6.07, 6.45) is 0. The van der Waals surface area contributed by atoms with Gasteiger partial charge in [0.25, 0.3) is 0 Å². The molecule has 0 aliphatic rings. The maximum absolute atomic E-state index is 7.03. The Morgan fingerprint density at radius 2 is 0.437 bits per heavy atom. The number of hydrogen-bond acceptors (Lipinski definition) is 4. The summed E-state index contributed by atoms with van der Waals surface area (Å²) in [6, 6.07) is 171. The quantitative estimate of drug-likeness (QED) is 0.0911. The fourth-order valence-electron chi connectivity index (χ4n) is 19.4. The van der Waals surface area contributed by atoms with Crippen molar-refractivity contribution < 1.29 is 8.83 Å². The summed E-state index contributed by atoms with van der Waals surface area (Å²) in [7, 11) is 0. The first-order chi connectivity index (χ1) is 62.5. The molecule has 0 aliphatic heterocycles. The summed E-state index contributed by atoms with van der Waals surface area (Å²) < 4.78 is 18.6. The van der Waals surface area contributed by atoms with Crippen LogP contribution in [0.1, 0.15) is 0 Å². The number of furan rings is 2. The molecule has 24 rings (SSSR count). The molecule has 20 aromatic carbocycles. The lowest BCUT2D eigenvalue weighted by molar-refractivity contribution is 0.669. The van der Waals surface area contributed by atoms with Crippen molar-refractivity contribution >= 4 is 122 Å². The van der Waals surface area contributed by atoms with E-state index in [4.69, 9.17) is 8.83 Å². The maximum atomic E-state index is 7.03. The maximum Gasteiger partial charge on any atom is 0.143 e. The van der Waals surface area contributed by atoms with Gasteiger partial charge in [-0.25, -0.2) is 0 Å². The highest BCUT2D eigenvalue weighted by atomic mass is 16.3. The first kappa shape index (κ1) is 73.1. The Bertz CT molecular complexity index is 8240. The number of aromatic nitrogens is 2. The smallest absolute Gasteiger partial charge is 0.143 e. The van der Waals surface area contributed by atoms with Gasteiger partial charge in [0.15, 0.2) is 0 Å². The molecule has 0 bridgehead atoms.